The minimum Gasteiger partial charge on any atom is -0.375 e. The van der Waals surface area contributed by atoms with Crippen LogP contribution in [0.15, 0.2) is 42.7 Å². The van der Waals surface area contributed by atoms with E-state index in [1.54, 1.807) is 0 Å². The zero-order valence-electron chi connectivity index (χ0n) is 13.5. The number of halogens is 1. The first-order chi connectivity index (χ1) is 11.3. The van der Waals surface area contributed by atoms with E-state index < -0.39 is 0 Å². The maximum absolute atomic E-state index is 11.9. The number of para-hydroxylation sites is 1. The van der Waals surface area contributed by atoms with Crippen LogP contribution in [0.3, 0.4) is 0 Å². The van der Waals surface area contributed by atoms with E-state index in [9.17, 15) is 4.79 Å². The highest BCUT2D eigenvalue weighted by molar-refractivity contribution is 5.85. The second kappa shape index (κ2) is 9.42. The lowest BCUT2D eigenvalue weighted by Gasteiger charge is -2.22. The van der Waals surface area contributed by atoms with Crippen molar-refractivity contribution in [1.29, 1.82) is 0 Å². The van der Waals surface area contributed by atoms with Crippen molar-refractivity contribution in [2.24, 2.45) is 0 Å². The summed E-state index contributed by atoms with van der Waals surface area (Å²) >= 11 is 0. The molecule has 1 aromatic carbocycles. The van der Waals surface area contributed by atoms with Crippen molar-refractivity contribution < 1.29 is 9.53 Å². The third-order valence-electron chi connectivity index (χ3n) is 3.81. The van der Waals surface area contributed by atoms with Gasteiger partial charge < -0.3 is 15.4 Å². The van der Waals surface area contributed by atoms with Crippen molar-refractivity contribution in [3.8, 4) is 5.69 Å². The molecule has 7 heteroatoms. The van der Waals surface area contributed by atoms with Crippen LogP contribution in [-0.4, -0.2) is 48.0 Å². The topological polar surface area (TPSA) is 68.2 Å². The zero-order chi connectivity index (χ0) is 15.9. The Bertz CT molecular complexity index is 627. The molecule has 1 atom stereocenters. The maximum Gasteiger partial charge on any atom is 0.222 e. The first kappa shape index (κ1) is 18.4. The molecule has 2 heterocycles. The SMILES string of the molecule is Cl.O=C(CC1CNCCO1)NCCc1cnn(-c2ccccc2)c1. The smallest absolute Gasteiger partial charge is 0.222 e. The highest BCUT2D eigenvalue weighted by atomic mass is 35.5. The van der Waals surface area contributed by atoms with Gasteiger partial charge in [0.1, 0.15) is 0 Å². The summed E-state index contributed by atoms with van der Waals surface area (Å²) in [6.07, 6.45) is 5.01. The van der Waals surface area contributed by atoms with E-state index in [2.05, 4.69) is 15.7 Å². The van der Waals surface area contributed by atoms with E-state index in [1.807, 2.05) is 47.4 Å². The van der Waals surface area contributed by atoms with Crippen LogP contribution in [0, 0.1) is 0 Å². The monoisotopic (exact) mass is 350 g/mol. The van der Waals surface area contributed by atoms with Crippen molar-refractivity contribution in [1.82, 2.24) is 20.4 Å². The van der Waals surface area contributed by atoms with Gasteiger partial charge in [0, 0.05) is 25.8 Å². The van der Waals surface area contributed by atoms with E-state index in [4.69, 9.17) is 4.74 Å². The third kappa shape index (κ3) is 5.33. The molecule has 1 saturated heterocycles. The van der Waals surface area contributed by atoms with E-state index >= 15 is 0 Å². The van der Waals surface area contributed by atoms with Crippen molar-refractivity contribution in [3.05, 3.63) is 48.3 Å². The molecule has 1 unspecified atom stereocenters. The Labute approximate surface area is 148 Å². The van der Waals surface area contributed by atoms with Crippen molar-refractivity contribution >= 4 is 18.3 Å². The fraction of sp³-hybridized carbons (Fsp3) is 0.412. The minimum atomic E-state index is -0.00965. The summed E-state index contributed by atoms with van der Waals surface area (Å²) in [6, 6.07) is 9.97. The molecular formula is C17H23ClN4O2. The molecule has 2 N–H and O–H groups in total. The molecule has 1 aromatic heterocycles. The summed E-state index contributed by atoms with van der Waals surface area (Å²) in [4.78, 5) is 11.9. The number of hydrogen-bond donors (Lipinski definition) is 2. The predicted octanol–water partition coefficient (Wildman–Crippen LogP) is 1.33. The van der Waals surface area contributed by atoms with Gasteiger partial charge in [0.2, 0.25) is 5.91 Å². The van der Waals surface area contributed by atoms with Gasteiger partial charge in [-0.2, -0.15) is 5.10 Å². The lowest BCUT2D eigenvalue weighted by atomic mass is 10.2. The fourth-order valence-corrected chi connectivity index (χ4v) is 2.59. The molecule has 1 fully saturated rings. The molecule has 6 nitrogen and oxygen atoms in total. The van der Waals surface area contributed by atoms with Crippen LogP contribution < -0.4 is 10.6 Å². The third-order valence-corrected chi connectivity index (χ3v) is 3.81. The number of ether oxygens (including phenoxy) is 1. The van der Waals surface area contributed by atoms with Crippen LogP contribution >= 0.6 is 12.4 Å². The molecule has 0 aliphatic carbocycles. The van der Waals surface area contributed by atoms with Crippen molar-refractivity contribution in [2.45, 2.75) is 18.9 Å². The number of carbonyl (C=O) groups excluding carboxylic acids is 1. The number of benzene rings is 1. The molecule has 2 aromatic rings. The van der Waals surface area contributed by atoms with Gasteiger partial charge in [-0.3, -0.25) is 4.79 Å². The van der Waals surface area contributed by atoms with Gasteiger partial charge in [-0.1, -0.05) is 18.2 Å². The van der Waals surface area contributed by atoms with Gasteiger partial charge in [-0.25, -0.2) is 4.68 Å². The van der Waals surface area contributed by atoms with Gasteiger partial charge in [0.05, 0.1) is 31.0 Å². The van der Waals surface area contributed by atoms with Gasteiger partial charge in [0.15, 0.2) is 0 Å². The number of rotatable bonds is 6. The first-order valence-corrected chi connectivity index (χ1v) is 7.99. The van der Waals surface area contributed by atoms with Crippen LogP contribution in [0.1, 0.15) is 12.0 Å². The molecule has 1 aliphatic heterocycles. The highest BCUT2D eigenvalue weighted by Crippen LogP contribution is 2.08. The van der Waals surface area contributed by atoms with E-state index in [0.717, 1.165) is 30.8 Å². The minimum absolute atomic E-state index is 0. The average Bonchev–Trinajstić information content (AvgIpc) is 3.05. The number of carbonyl (C=O) groups is 1. The molecular weight excluding hydrogens is 328 g/mol. The maximum atomic E-state index is 11.9. The van der Waals surface area contributed by atoms with E-state index in [1.165, 1.54) is 0 Å². The van der Waals surface area contributed by atoms with Gasteiger partial charge in [0.25, 0.3) is 0 Å². The summed E-state index contributed by atoms with van der Waals surface area (Å²) in [7, 11) is 0. The molecule has 0 radical (unpaired) electrons. The Morgan fingerprint density at radius 2 is 2.21 bits per heavy atom. The molecule has 0 spiro atoms. The summed E-state index contributed by atoms with van der Waals surface area (Å²) < 4.78 is 7.37. The van der Waals surface area contributed by atoms with Crippen LogP contribution in [-0.2, 0) is 16.0 Å². The number of morpholine rings is 1. The van der Waals surface area contributed by atoms with E-state index in [0.29, 0.717) is 19.6 Å². The van der Waals surface area contributed by atoms with Crippen LogP contribution in [0.5, 0.6) is 0 Å². The molecule has 0 saturated carbocycles. The summed E-state index contributed by atoms with van der Waals surface area (Å²) in [5.41, 5.74) is 2.13. The number of aromatic nitrogens is 2. The fourth-order valence-electron chi connectivity index (χ4n) is 2.59. The first-order valence-electron chi connectivity index (χ1n) is 7.99. The number of nitrogens with zero attached hydrogens (tertiary/aromatic N) is 2. The van der Waals surface area contributed by atoms with Gasteiger partial charge in [-0.15, -0.1) is 12.4 Å². The molecule has 3 rings (SSSR count). The Hall–Kier alpha value is -1.89. The quantitative estimate of drug-likeness (QED) is 0.824. The Kier molecular flexibility index (Phi) is 7.24. The molecule has 0 bridgehead atoms. The Morgan fingerprint density at radius 3 is 2.96 bits per heavy atom. The number of hydrogen-bond acceptors (Lipinski definition) is 4. The lowest BCUT2D eigenvalue weighted by molar-refractivity contribution is -0.124. The lowest BCUT2D eigenvalue weighted by Crippen LogP contribution is -2.41. The molecule has 24 heavy (non-hydrogen) atoms. The van der Waals surface area contributed by atoms with Gasteiger partial charge in [-0.05, 0) is 24.1 Å². The summed E-state index contributed by atoms with van der Waals surface area (Å²) in [5.74, 6) is 0.0363. The predicted molar refractivity (Wildman–Crippen MR) is 94.8 cm³/mol. The Balaban J connectivity index is 0.00000208. The second-order valence-corrected chi connectivity index (χ2v) is 5.63. The summed E-state index contributed by atoms with van der Waals surface area (Å²) in [5, 5.41) is 10.5. The van der Waals surface area contributed by atoms with Gasteiger partial charge >= 0.3 is 0 Å². The molecule has 1 aliphatic rings. The number of amides is 1. The zero-order valence-corrected chi connectivity index (χ0v) is 14.3. The number of nitrogens with one attached hydrogen (secondary N) is 2. The molecule has 130 valence electrons. The van der Waals surface area contributed by atoms with E-state index in [-0.39, 0.29) is 24.4 Å². The van der Waals surface area contributed by atoms with Crippen LogP contribution in [0.4, 0.5) is 0 Å². The summed E-state index contributed by atoms with van der Waals surface area (Å²) in [6.45, 7) is 2.90. The normalized spacial score (nSPS) is 17.1. The highest BCUT2D eigenvalue weighted by Gasteiger charge is 2.16. The standard InChI is InChI=1S/C17H22N4O2.ClH/c22-17(10-16-12-18-8-9-23-16)19-7-6-14-11-20-21(13-14)15-4-2-1-3-5-15;/h1-5,11,13,16,18H,6-10,12H2,(H,19,22);1H. The Morgan fingerprint density at radius 1 is 1.38 bits per heavy atom. The largest absolute Gasteiger partial charge is 0.375 e. The van der Waals surface area contributed by atoms with Crippen molar-refractivity contribution in [2.75, 3.05) is 26.2 Å². The van der Waals surface area contributed by atoms with Crippen LogP contribution in [0.2, 0.25) is 0 Å². The second-order valence-electron chi connectivity index (χ2n) is 5.63. The molecule has 1 amide bonds. The average molecular weight is 351 g/mol. The van der Waals surface area contributed by atoms with Crippen molar-refractivity contribution in [3.63, 3.8) is 0 Å². The van der Waals surface area contributed by atoms with Crippen LogP contribution in [0.25, 0.3) is 5.69 Å².